The van der Waals surface area contributed by atoms with Crippen molar-refractivity contribution in [1.82, 2.24) is 10.2 Å². The minimum absolute atomic E-state index is 0.0833. The first-order valence-electron chi connectivity index (χ1n) is 7.46. The Morgan fingerprint density at radius 1 is 1.00 bits per heavy atom. The maximum absolute atomic E-state index is 10.8. The first kappa shape index (κ1) is 16.5. The SMILES string of the molecule is COc1ccc(-c2nnc(COc3ccc(C=O)cc3OC)o2)cc1. The summed E-state index contributed by atoms with van der Waals surface area (Å²) in [6, 6.07) is 12.2. The molecule has 0 fully saturated rings. The molecule has 1 aromatic heterocycles. The molecule has 0 radical (unpaired) electrons. The summed E-state index contributed by atoms with van der Waals surface area (Å²) in [6.45, 7) is 0.0833. The molecule has 7 heteroatoms. The van der Waals surface area contributed by atoms with E-state index in [0.29, 0.717) is 28.8 Å². The number of aldehydes is 1. The summed E-state index contributed by atoms with van der Waals surface area (Å²) >= 11 is 0. The van der Waals surface area contributed by atoms with E-state index >= 15 is 0 Å². The molecule has 0 spiro atoms. The first-order chi connectivity index (χ1) is 12.2. The summed E-state index contributed by atoms with van der Waals surface area (Å²) in [5.41, 5.74) is 1.29. The monoisotopic (exact) mass is 340 g/mol. The highest BCUT2D eigenvalue weighted by Crippen LogP contribution is 2.28. The van der Waals surface area contributed by atoms with Crippen molar-refractivity contribution in [2.45, 2.75) is 6.61 Å². The standard InChI is InChI=1S/C18H16N2O5/c1-22-14-6-4-13(5-7-14)18-20-19-17(25-18)11-24-15-8-3-12(10-21)9-16(15)23-2/h3-10H,11H2,1-2H3. The molecule has 0 N–H and O–H groups in total. The van der Waals surface area contributed by atoms with Gasteiger partial charge in [0.2, 0.25) is 5.89 Å². The molecular formula is C18H16N2O5. The van der Waals surface area contributed by atoms with Crippen molar-refractivity contribution in [2.24, 2.45) is 0 Å². The quantitative estimate of drug-likeness (QED) is 0.611. The van der Waals surface area contributed by atoms with Gasteiger partial charge in [-0.15, -0.1) is 10.2 Å². The predicted octanol–water partition coefficient (Wildman–Crippen LogP) is 3.15. The molecule has 3 rings (SSSR count). The number of rotatable bonds is 7. The third-order valence-corrected chi connectivity index (χ3v) is 3.48. The molecule has 7 nitrogen and oxygen atoms in total. The molecule has 0 aliphatic heterocycles. The number of hydrogen-bond donors (Lipinski definition) is 0. The van der Waals surface area contributed by atoms with Crippen LogP contribution in [0.3, 0.4) is 0 Å². The Bertz CT molecular complexity index is 858. The van der Waals surface area contributed by atoms with E-state index in [0.717, 1.165) is 17.6 Å². The van der Waals surface area contributed by atoms with Gasteiger partial charge >= 0.3 is 0 Å². The fourth-order valence-corrected chi connectivity index (χ4v) is 2.18. The minimum Gasteiger partial charge on any atom is -0.497 e. The molecule has 2 aromatic carbocycles. The predicted molar refractivity (Wildman–Crippen MR) is 89.0 cm³/mol. The van der Waals surface area contributed by atoms with Gasteiger partial charge in [-0.25, -0.2) is 0 Å². The van der Waals surface area contributed by atoms with Crippen LogP contribution < -0.4 is 14.2 Å². The average Bonchev–Trinajstić information content (AvgIpc) is 3.15. The second-order valence-corrected chi connectivity index (χ2v) is 5.05. The Balaban J connectivity index is 1.70. The van der Waals surface area contributed by atoms with E-state index in [2.05, 4.69) is 10.2 Å². The number of methoxy groups -OCH3 is 2. The second kappa shape index (κ2) is 7.48. The molecule has 0 bridgehead atoms. The Hall–Kier alpha value is -3.35. The molecule has 0 saturated heterocycles. The zero-order valence-corrected chi connectivity index (χ0v) is 13.8. The summed E-state index contributed by atoms with van der Waals surface area (Å²) in [7, 11) is 3.11. The maximum atomic E-state index is 10.8. The summed E-state index contributed by atoms with van der Waals surface area (Å²) < 4.78 is 21.6. The molecule has 0 saturated carbocycles. The summed E-state index contributed by atoms with van der Waals surface area (Å²) in [4.78, 5) is 10.8. The molecule has 0 amide bonds. The fraction of sp³-hybridized carbons (Fsp3) is 0.167. The summed E-state index contributed by atoms with van der Waals surface area (Å²) in [5.74, 6) is 2.41. The highest BCUT2D eigenvalue weighted by Gasteiger charge is 2.11. The normalized spacial score (nSPS) is 10.3. The second-order valence-electron chi connectivity index (χ2n) is 5.05. The van der Waals surface area contributed by atoms with Gasteiger partial charge in [0.1, 0.15) is 12.0 Å². The fourth-order valence-electron chi connectivity index (χ4n) is 2.18. The van der Waals surface area contributed by atoms with Crippen LogP contribution in [0.1, 0.15) is 16.2 Å². The van der Waals surface area contributed by atoms with E-state index in [4.69, 9.17) is 18.6 Å². The van der Waals surface area contributed by atoms with E-state index in [1.54, 1.807) is 25.3 Å². The van der Waals surface area contributed by atoms with Gasteiger partial charge in [-0.2, -0.15) is 0 Å². The third-order valence-electron chi connectivity index (χ3n) is 3.48. The zero-order valence-electron chi connectivity index (χ0n) is 13.8. The molecule has 0 unspecified atom stereocenters. The minimum atomic E-state index is 0.0833. The number of ether oxygens (including phenoxy) is 3. The average molecular weight is 340 g/mol. The largest absolute Gasteiger partial charge is 0.497 e. The Morgan fingerprint density at radius 3 is 2.48 bits per heavy atom. The van der Waals surface area contributed by atoms with Crippen LogP contribution in [0.4, 0.5) is 0 Å². The number of hydrogen-bond acceptors (Lipinski definition) is 7. The van der Waals surface area contributed by atoms with Crippen molar-refractivity contribution < 1.29 is 23.4 Å². The van der Waals surface area contributed by atoms with Crippen LogP contribution in [0, 0.1) is 0 Å². The van der Waals surface area contributed by atoms with E-state index in [9.17, 15) is 4.79 Å². The van der Waals surface area contributed by atoms with Crippen LogP contribution in [0.5, 0.6) is 17.2 Å². The van der Waals surface area contributed by atoms with Crippen molar-refractivity contribution in [3.05, 3.63) is 53.9 Å². The maximum Gasteiger partial charge on any atom is 0.254 e. The lowest BCUT2D eigenvalue weighted by molar-refractivity contribution is 0.112. The van der Waals surface area contributed by atoms with Gasteiger partial charge in [0.15, 0.2) is 18.1 Å². The van der Waals surface area contributed by atoms with Crippen LogP contribution >= 0.6 is 0 Å². The lowest BCUT2D eigenvalue weighted by Gasteiger charge is -2.09. The molecule has 25 heavy (non-hydrogen) atoms. The summed E-state index contributed by atoms with van der Waals surface area (Å²) in [6.07, 6.45) is 0.742. The van der Waals surface area contributed by atoms with Crippen molar-refractivity contribution in [2.75, 3.05) is 14.2 Å². The van der Waals surface area contributed by atoms with Crippen molar-refractivity contribution in [3.63, 3.8) is 0 Å². The third kappa shape index (κ3) is 3.77. The van der Waals surface area contributed by atoms with E-state index in [-0.39, 0.29) is 6.61 Å². The van der Waals surface area contributed by atoms with Gasteiger partial charge in [-0.05, 0) is 42.5 Å². The molecular weight excluding hydrogens is 324 g/mol. The molecule has 0 atom stereocenters. The lowest BCUT2D eigenvalue weighted by atomic mass is 10.2. The number of carbonyl (C=O) groups excluding carboxylic acids is 1. The molecule has 0 aliphatic rings. The van der Waals surface area contributed by atoms with Gasteiger partial charge in [0.05, 0.1) is 14.2 Å². The van der Waals surface area contributed by atoms with Crippen molar-refractivity contribution >= 4 is 6.29 Å². The zero-order chi connectivity index (χ0) is 17.6. The van der Waals surface area contributed by atoms with Gasteiger partial charge < -0.3 is 18.6 Å². The smallest absolute Gasteiger partial charge is 0.254 e. The van der Waals surface area contributed by atoms with Crippen molar-refractivity contribution in [3.8, 4) is 28.7 Å². The van der Waals surface area contributed by atoms with Gasteiger partial charge in [0.25, 0.3) is 5.89 Å². The lowest BCUT2D eigenvalue weighted by Crippen LogP contribution is -1.98. The molecule has 3 aromatic rings. The summed E-state index contributed by atoms with van der Waals surface area (Å²) in [5, 5.41) is 7.98. The molecule has 0 aliphatic carbocycles. The van der Waals surface area contributed by atoms with Gasteiger partial charge in [0, 0.05) is 11.1 Å². The number of benzene rings is 2. The number of aromatic nitrogens is 2. The van der Waals surface area contributed by atoms with Crippen LogP contribution in [0.15, 0.2) is 46.9 Å². The first-order valence-corrected chi connectivity index (χ1v) is 7.46. The number of nitrogens with zero attached hydrogens (tertiary/aromatic N) is 2. The topological polar surface area (TPSA) is 83.7 Å². The van der Waals surface area contributed by atoms with Crippen LogP contribution in [0.25, 0.3) is 11.5 Å². The van der Waals surface area contributed by atoms with Gasteiger partial charge in [-0.3, -0.25) is 4.79 Å². The van der Waals surface area contributed by atoms with E-state index < -0.39 is 0 Å². The van der Waals surface area contributed by atoms with Crippen LogP contribution in [-0.4, -0.2) is 30.7 Å². The molecule has 128 valence electrons. The Morgan fingerprint density at radius 2 is 1.80 bits per heavy atom. The highest BCUT2D eigenvalue weighted by molar-refractivity contribution is 5.76. The van der Waals surface area contributed by atoms with Gasteiger partial charge in [-0.1, -0.05) is 0 Å². The highest BCUT2D eigenvalue weighted by atomic mass is 16.5. The van der Waals surface area contributed by atoms with E-state index in [1.165, 1.54) is 7.11 Å². The Kier molecular flexibility index (Phi) is 4.94. The number of carbonyl (C=O) groups is 1. The van der Waals surface area contributed by atoms with Crippen molar-refractivity contribution in [1.29, 1.82) is 0 Å². The van der Waals surface area contributed by atoms with Crippen LogP contribution in [-0.2, 0) is 6.61 Å². The van der Waals surface area contributed by atoms with Crippen LogP contribution in [0.2, 0.25) is 0 Å². The Labute approximate surface area is 144 Å². The van der Waals surface area contributed by atoms with E-state index in [1.807, 2.05) is 24.3 Å². The molecule has 1 heterocycles.